The number of carbonyl (C=O) groups is 1. The van der Waals surface area contributed by atoms with Crippen LogP contribution in [0.2, 0.25) is 0 Å². The summed E-state index contributed by atoms with van der Waals surface area (Å²) in [4.78, 5) is 21.0. The number of Topliss-reactive ketones (excluding diaryl/α,β-unsaturated/α-hetero) is 1. The van der Waals surface area contributed by atoms with Crippen LogP contribution < -0.4 is 11.1 Å². The minimum absolute atomic E-state index is 0.0182. The van der Waals surface area contributed by atoms with E-state index < -0.39 is 5.41 Å². The van der Waals surface area contributed by atoms with Gasteiger partial charge in [-0.2, -0.15) is 0 Å². The Morgan fingerprint density at radius 3 is 2.67 bits per heavy atom. The average molecular weight is 448 g/mol. The first-order chi connectivity index (χ1) is 15.9. The summed E-state index contributed by atoms with van der Waals surface area (Å²) in [6.07, 6.45) is 8.10. The van der Waals surface area contributed by atoms with E-state index in [0.29, 0.717) is 24.9 Å². The Labute approximate surface area is 197 Å². The lowest BCUT2D eigenvalue weighted by molar-refractivity contribution is -0.126. The summed E-state index contributed by atoms with van der Waals surface area (Å²) in [5.41, 5.74) is 6.72. The molecule has 0 saturated carbocycles. The van der Waals surface area contributed by atoms with Crippen LogP contribution in [0.5, 0.6) is 0 Å². The van der Waals surface area contributed by atoms with E-state index in [9.17, 15) is 4.79 Å². The second kappa shape index (κ2) is 10.1. The van der Waals surface area contributed by atoms with Crippen LogP contribution in [0, 0.1) is 10.8 Å². The van der Waals surface area contributed by atoms with E-state index in [0.717, 1.165) is 55.5 Å². The summed E-state index contributed by atoms with van der Waals surface area (Å²) in [5.74, 6) is -0.380. The summed E-state index contributed by atoms with van der Waals surface area (Å²) < 4.78 is 0. The zero-order valence-corrected chi connectivity index (χ0v) is 19.9. The molecule has 1 aromatic carbocycles. The summed E-state index contributed by atoms with van der Waals surface area (Å²) >= 11 is 0. The van der Waals surface area contributed by atoms with Crippen molar-refractivity contribution >= 4 is 22.5 Å². The van der Waals surface area contributed by atoms with Gasteiger partial charge in [0.25, 0.3) is 0 Å². The molecule has 6 heteroatoms. The zero-order chi connectivity index (χ0) is 23.4. The second-order valence-corrected chi connectivity index (χ2v) is 9.77. The molecule has 33 heavy (non-hydrogen) atoms. The number of pyridine rings is 1. The molecule has 4 rings (SSSR count). The first-order valence-corrected chi connectivity index (χ1v) is 12.3. The first-order valence-electron chi connectivity index (χ1n) is 12.3. The van der Waals surface area contributed by atoms with Gasteiger partial charge in [-0.05, 0) is 51.8 Å². The lowest BCUT2D eigenvalue weighted by Gasteiger charge is -2.39. The molecule has 4 atom stereocenters. The summed E-state index contributed by atoms with van der Waals surface area (Å²) in [5, 5.41) is 12.9. The highest BCUT2D eigenvalue weighted by Crippen LogP contribution is 2.40. The van der Waals surface area contributed by atoms with Crippen LogP contribution in [-0.4, -0.2) is 53.2 Å². The average Bonchev–Trinajstić information content (AvgIpc) is 2.81. The van der Waals surface area contributed by atoms with Gasteiger partial charge in [0, 0.05) is 30.6 Å². The van der Waals surface area contributed by atoms with Gasteiger partial charge in [-0.25, -0.2) is 0 Å². The number of unbranched alkanes of at least 4 members (excludes halogenated alkanes) is 2. The Balaban J connectivity index is 1.41. The zero-order valence-electron chi connectivity index (χ0n) is 19.9. The highest BCUT2D eigenvalue weighted by Gasteiger charge is 2.45. The Bertz CT molecular complexity index is 1020. The van der Waals surface area contributed by atoms with Crippen molar-refractivity contribution in [3.63, 3.8) is 0 Å². The molecule has 1 aliphatic carbocycles. The van der Waals surface area contributed by atoms with E-state index in [-0.39, 0.29) is 17.5 Å². The number of fused-ring (bicyclic) bond motifs is 1. The molecular formula is C27H37N5O. The minimum Gasteiger partial charge on any atom is -0.387 e. The quantitative estimate of drug-likeness (QED) is 0.246. The number of nitrogens with zero attached hydrogens (tertiary/aromatic N) is 2. The summed E-state index contributed by atoms with van der Waals surface area (Å²) in [7, 11) is 0. The van der Waals surface area contributed by atoms with Crippen molar-refractivity contribution in [3.05, 3.63) is 54.2 Å². The number of piperazine rings is 1. The third-order valence-corrected chi connectivity index (χ3v) is 7.49. The Hall–Kier alpha value is -2.57. The van der Waals surface area contributed by atoms with Crippen molar-refractivity contribution < 1.29 is 4.79 Å². The van der Waals surface area contributed by atoms with Gasteiger partial charge < -0.3 is 11.1 Å². The standard InChI is InChI=1S/C27H37N5O/c1-19-17-30-18-20(2)32(19)16-7-3-6-14-27(26(28)29)15-8-10-22(25(27)33)24-13-12-21-9-4-5-11-23(21)31-24/h4-5,8-9,11-13,15,19-20,22,30H,3,6-7,10,14,16-18H2,1-2H3,(H3,28,29). The van der Waals surface area contributed by atoms with Crippen molar-refractivity contribution in [2.24, 2.45) is 11.1 Å². The SMILES string of the molecule is CC1CNCC(C)N1CCCCCC1(C(=N)N)C=CCC(c2ccc3ccccc3n2)C1=O. The van der Waals surface area contributed by atoms with E-state index in [1.807, 2.05) is 48.6 Å². The van der Waals surface area contributed by atoms with Crippen molar-refractivity contribution in [2.75, 3.05) is 19.6 Å². The predicted octanol–water partition coefficient (Wildman–Crippen LogP) is 4.01. The molecule has 2 heterocycles. The summed E-state index contributed by atoms with van der Waals surface area (Å²) in [6.45, 7) is 7.72. The van der Waals surface area contributed by atoms with E-state index in [2.05, 4.69) is 24.1 Å². The highest BCUT2D eigenvalue weighted by atomic mass is 16.1. The van der Waals surface area contributed by atoms with E-state index in [1.165, 1.54) is 0 Å². The Morgan fingerprint density at radius 1 is 1.15 bits per heavy atom. The fourth-order valence-corrected chi connectivity index (χ4v) is 5.49. The lowest BCUT2D eigenvalue weighted by atomic mass is 9.68. The first kappa shape index (κ1) is 23.6. The lowest BCUT2D eigenvalue weighted by Crippen LogP contribution is -2.55. The van der Waals surface area contributed by atoms with Gasteiger partial charge >= 0.3 is 0 Å². The predicted molar refractivity (Wildman–Crippen MR) is 135 cm³/mol. The number of benzene rings is 1. The van der Waals surface area contributed by atoms with E-state index >= 15 is 0 Å². The smallest absolute Gasteiger partial charge is 0.159 e. The molecule has 1 aliphatic heterocycles. The van der Waals surface area contributed by atoms with Crippen LogP contribution in [0.4, 0.5) is 0 Å². The van der Waals surface area contributed by atoms with Crippen molar-refractivity contribution in [2.45, 2.75) is 64.0 Å². The number of nitrogens with one attached hydrogen (secondary N) is 2. The molecular weight excluding hydrogens is 410 g/mol. The van der Waals surface area contributed by atoms with Crippen LogP contribution in [-0.2, 0) is 4.79 Å². The molecule has 1 fully saturated rings. The number of hydrogen-bond acceptors (Lipinski definition) is 5. The molecule has 1 aromatic heterocycles. The van der Waals surface area contributed by atoms with Crippen LogP contribution in [0.3, 0.4) is 0 Å². The summed E-state index contributed by atoms with van der Waals surface area (Å²) in [6, 6.07) is 13.0. The molecule has 0 spiro atoms. The van der Waals surface area contributed by atoms with Crippen LogP contribution in [0.1, 0.15) is 57.6 Å². The number of para-hydroxylation sites is 1. The molecule has 2 aliphatic rings. The Morgan fingerprint density at radius 2 is 1.91 bits per heavy atom. The molecule has 0 amide bonds. The highest BCUT2D eigenvalue weighted by molar-refractivity contribution is 6.11. The number of nitrogens with two attached hydrogens (primary N) is 1. The van der Waals surface area contributed by atoms with Gasteiger partial charge in [0.05, 0.1) is 17.1 Å². The molecule has 2 aromatic rings. The van der Waals surface area contributed by atoms with Crippen molar-refractivity contribution in [1.29, 1.82) is 5.41 Å². The number of amidine groups is 1. The largest absolute Gasteiger partial charge is 0.387 e. The van der Waals surface area contributed by atoms with Gasteiger partial charge in [-0.1, -0.05) is 49.3 Å². The van der Waals surface area contributed by atoms with Crippen LogP contribution in [0.15, 0.2) is 48.6 Å². The molecule has 0 bridgehead atoms. The maximum atomic E-state index is 13.7. The molecule has 0 radical (unpaired) electrons. The molecule has 176 valence electrons. The normalized spacial score (nSPS) is 28.3. The second-order valence-electron chi connectivity index (χ2n) is 9.77. The number of rotatable bonds is 8. The molecule has 6 nitrogen and oxygen atoms in total. The van der Waals surface area contributed by atoms with Gasteiger partial charge in [0.2, 0.25) is 0 Å². The van der Waals surface area contributed by atoms with Crippen LogP contribution in [0.25, 0.3) is 10.9 Å². The molecule has 4 N–H and O–H groups in total. The van der Waals surface area contributed by atoms with Gasteiger partial charge in [0.1, 0.15) is 11.3 Å². The maximum Gasteiger partial charge on any atom is 0.159 e. The number of allylic oxidation sites excluding steroid dienone is 1. The third-order valence-electron chi connectivity index (χ3n) is 7.49. The van der Waals surface area contributed by atoms with Gasteiger partial charge in [-0.3, -0.25) is 20.1 Å². The monoisotopic (exact) mass is 447 g/mol. The van der Waals surface area contributed by atoms with Crippen molar-refractivity contribution in [3.8, 4) is 0 Å². The fraction of sp³-hybridized carbons (Fsp3) is 0.519. The topological polar surface area (TPSA) is 95.1 Å². The maximum absolute atomic E-state index is 13.7. The third kappa shape index (κ3) is 4.87. The van der Waals surface area contributed by atoms with Gasteiger partial charge in [-0.15, -0.1) is 0 Å². The Kier molecular flexibility index (Phi) is 7.25. The minimum atomic E-state index is -1.01. The van der Waals surface area contributed by atoms with Crippen molar-refractivity contribution in [1.82, 2.24) is 15.2 Å². The molecule has 1 saturated heterocycles. The molecule has 4 unspecified atom stereocenters. The number of ketones is 1. The number of aromatic nitrogens is 1. The number of carbonyl (C=O) groups excluding carboxylic acids is 1. The number of hydrogen-bond donors (Lipinski definition) is 3. The van der Waals surface area contributed by atoms with Gasteiger partial charge in [0.15, 0.2) is 5.78 Å². The fourth-order valence-electron chi connectivity index (χ4n) is 5.49. The van der Waals surface area contributed by atoms with E-state index in [1.54, 1.807) is 0 Å². The van der Waals surface area contributed by atoms with Crippen LogP contribution >= 0.6 is 0 Å². The van der Waals surface area contributed by atoms with E-state index in [4.69, 9.17) is 16.1 Å².